The molecule has 1 aliphatic rings. The molecule has 6 rings (SSSR count). The summed E-state index contributed by atoms with van der Waals surface area (Å²) < 4.78 is 13.4. The summed E-state index contributed by atoms with van der Waals surface area (Å²) in [5.74, 6) is 1.87. The molecule has 10 nitrogen and oxygen atoms in total. The standard InChI is InChI=1S/C37H40N6O4/c1-25-9-11-27(12-10-25)43-35(23-34(41-43)37(2,3)4)40-36(45)39-32-13-14-33(31-8-6-5-7-30(31)32)47-29-15-16-38-26(22-29)21-28(44)24-42-17-19-46-20-18-42/h5-16,22-23H,17-21,24H2,1-4H3,(H2,39,40,45). The highest BCUT2D eigenvalue weighted by molar-refractivity contribution is 6.07. The Kier molecular flexibility index (Phi) is 9.33. The summed E-state index contributed by atoms with van der Waals surface area (Å²) in [4.78, 5) is 32.6. The van der Waals surface area contributed by atoms with E-state index in [1.807, 2.05) is 73.7 Å². The second kappa shape index (κ2) is 13.7. The van der Waals surface area contributed by atoms with Gasteiger partial charge in [-0.3, -0.25) is 20.0 Å². The van der Waals surface area contributed by atoms with Gasteiger partial charge in [-0.2, -0.15) is 5.10 Å². The summed E-state index contributed by atoms with van der Waals surface area (Å²) in [5, 5.41) is 12.5. The van der Waals surface area contributed by atoms with Crippen molar-refractivity contribution in [3.63, 3.8) is 0 Å². The number of urea groups is 1. The number of amides is 2. The van der Waals surface area contributed by atoms with Crippen molar-refractivity contribution in [1.29, 1.82) is 0 Å². The molecule has 3 heterocycles. The fourth-order valence-electron chi connectivity index (χ4n) is 5.47. The predicted octanol–water partition coefficient (Wildman–Crippen LogP) is 6.91. The monoisotopic (exact) mass is 632 g/mol. The number of nitrogens with one attached hydrogen (secondary N) is 2. The maximum absolute atomic E-state index is 13.4. The van der Waals surface area contributed by atoms with E-state index in [0.717, 1.165) is 40.8 Å². The van der Waals surface area contributed by atoms with Crippen LogP contribution < -0.4 is 15.4 Å². The van der Waals surface area contributed by atoms with E-state index < -0.39 is 6.03 Å². The molecule has 0 unspecified atom stereocenters. The van der Waals surface area contributed by atoms with Gasteiger partial charge in [0.1, 0.15) is 17.3 Å². The zero-order valence-electron chi connectivity index (χ0n) is 27.2. The van der Waals surface area contributed by atoms with Crippen LogP contribution in [-0.4, -0.2) is 64.3 Å². The van der Waals surface area contributed by atoms with Crippen molar-refractivity contribution in [3.8, 4) is 17.2 Å². The number of rotatable bonds is 9. The number of Topliss-reactive ketones (excluding diaryl/α,β-unsaturated/α-hetero) is 1. The Hall–Kier alpha value is -5.06. The van der Waals surface area contributed by atoms with Crippen LogP contribution >= 0.6 is 0 Å². The number of carbonyl (C=O) groups excluding carboxylic acids is 2. The molecule has 0 saturated carbocycles. The van der Waals surface area contributed by atoms with Crippen LogP contribution in [0, 0.1) is 6.92 Å². The van der Waals surface area contributed by atoms with E-state index in [1.54, 1.807) is 23.0 Å². The van der Waals surface area contributed by atoms with Crippen molar-refractivity contribution in [3.05, 3.63) is 102 Å². The second-order valence-corrected chi connectivity index (χ2v) is 12.8. The van der Waals surface area contributed by atoms with Crippen molar-refractivity contribution in [2.24, 2.45) is 0 Å². The number of nitrogens with zero attached hydrogens (tertiary/aromatic N) is 4. The van der Waals surface area contributed by atoms with Crippen LogP contribution in [0.2, 0.25) is 0 Å². The Morgan fingerprint density at radius 2 is 1.66 bits per heavy atom. The molecule has 5 aromatic rings. The van der Waals surface area contributed by atoms with Crippen molar-refractivity contribution >= 4 is 34.1 Å². The van der Waals surface area contributed by atoms with Gasteiger partial charge in [0.05, 0.1) is 48.9 Å². The van der Waals surface area contributed by atoms with Gasteiger partial charge >= 0.3 is 6.03 Å². The number of hydrogen-bond donors (Lipinski definition) is 2. The van der Waals surface area contributed by atoms with Crippen LogP contribution in [0.3, 0.4) is 0 Å². The normalized spacial score (nSPS) is 13.8. The van der Waals surface area contributed by atoms with E-state index in [4.69, 9.17) is 14.6 Å². The lowest BCUT2D eigenvalue weighted by molar-refractivity contribution is -0.120. The summed E-state index contributed by atoms with van der Waals surface area (Å²) in [6, 6.07) is 24.5. The average molecular weight is 633 g/mol. The molecule has 2 aromatic heterocycles. The first-order valence-electron chi connectivity index (χ1n) is 15.8. The van der Waals surface area contributed by atoms with E-state index >= 15 is 0 Å². The van der Waals surface area contributed by atoms with Gasteiger partial charge in [-0.05, 0) is 37.3 Å². The van der Waals surface area contributed by atoms with Crippen LogP contribution in [-0.2, 0) is 21.4 Å². The number of morpholine rings is 1. The maximum Gasteiger partial charge on any atom is 0.324 e. The highest BCUT2D eigenvalue weighted by Gasteiger charge is 2.22. The lowest BCUT2D eigenvalue weighted by Crippen LogP contribution is -2.39. The number of carbonyl (C=O) groups is 2. The molecule has 0 radical (unpaired) electrons. The van der Waals surface area contributed by atoms with Gasteiger partial charge in [0, 0.05) is 47.6 Å². The van der Waals surface area contributed by atoms with Gasteiger partial charge in [0.15, 0.2) is 5.78 Å². The van der Waals surface area contributed by atoms with Crippen LogP contribution in [0.25, 0.3) is 16.5 Å². The third-order valence-electron chi connectivity index (χ3n) is 8.03. The van der Waals surface area contributed by atoms with Gasteiger partial charge in [0.2, 0.25) is 0 Å². The quantitative estimate of drug-likeness (QED) is 0.182. The highest BCUT2D eigenvalue weighted by Crippen LogP contribution is 2.35. The number of ketones is 1. The molecule has 0 atom stereocenters. The molecule has 10 heteroatoms. The van der Waals surface area contributed by atoms with Crippen molar-refractivity contribution < 1.29 is 19.1 Å². The lowest BCUT2D eigenvalue weighted by atomic mass is 9.92. The highest BCUT2D eigenvalue weighted by atomic mass is 16.5. The van der Waals surface area contributed by atoms with Crippen molar-refractivity contribution in [1.82, 2.24) is 19.7 Å². The number of ether oxygens (including phenoxy) is 2. The summed E-state index contributed by atoms with van der Waals surface area (Å²) in [6.07, 6.45) is 1.88. The number of fused-ring (bicyclic) bond motifs is 1. The number of hydrogen-bond acceptors (Lipinski definition) is 7. The topological polar surface area (TPSA) is 111 Å². The summed E-state index contributed by atoms with van der Waals surface area (Å²) in [5.41, 5.74) is 3.94. The average Bonchev–Trinajstić information content (AvgIpc) is 3.47. The summed E-state index contributed by atoms with van der Waals surface area (Å²) in [7, 11) is 0. The Bertz CT molecular complexity index is 1890. The minimum atomic E-state index is -0.391. The van der Waals surface area contributed by atoms with Crippen LogP contribution in [0.5, 0.6) is 11.5 Å². The zero-order valence-corrected chi connectivity index (χ0v) is 27.2. The number of anilines is 2. The van der Waals surface area contributed by atoms with E-state index in [9.17, 15) is 9.59 Å². The van der Waals surface area contributed by atoms with E-state index in [-0.39, 0.29) is 17.6 Å². The maximum atomic E-state index is 13.4. The first kappa shape index (κ1) is 31.9. The lowest BCUT2D eigenvalue weighted by Gasteiger charge is -2.25. The van der Waals surface area contributed by atoms with Crippen LogP contribution in [0.15, 0.2) is 85.1 Å². The minimum absolute atomic E-state index is 0.104. The van der Waals surface area contributed by atoms with Gasteiger partial charge in [-0.15, -0.1) is 0 Å². The minimum Gasteiger partial charge on any atom is -0.457 e. The van der Waals surface area contributed by atoms with Crippen LogP contribution in [0.4, 0.5) is 16.3 Å². The van der Waals surface area contributed by atoms with Crippen molar-refractivity contribution in [2.75, 3.05) is 43.5 Å². The first-order valence-corrected chi connectivity index (χ1v) is 15.8. The van der Waals surface area contributed by atoms with Gasteiger partial charge < -0.3 is 14.8 Å². The molecular formula is C37H40N6O4. The molecule has 242 valence electrons. The number of benzene rings is 3. The smallest absolute Gasteiger partial charge is 0.324 e. The van der Waals surface area contributed by atoms with Gasteiger partial charge in [-0.25, -0.2) is 9.48 Å². The number of aryl methyl sites for hydroxylation is 1. The molecule has 47 heavy (non-hydrogen) atoms. The SMILES string of the molecule is Cc1ccc(-n2nc(C(C)(C)C)cc2NC(=O)Nc2ccc(Oc3ccnc(CC(=O)CN4CCOCC4)c3)c3ccccc23)cc1. The molecular weight excluding hydrogens is 592 g/mol. The van der Waals surface area contributed by atoms with Crippen LogP contribution in [0.1, 0.15) is 37.7 Å². The summed E-state index contributed by atoms with van der Waals surface area (Å²) in [6.45, 7) is 11.5. The Balaban J connectivity index is 1.18. The molecule has 0 spiro atoms. The van der Waals surface area contributed by atoms with Crippen molar-refractivity contribution in [2.45, 2.75) is 39.5 Å². The molecule has 0 bridgehead atoms. The second-order valence-electron chi connectivity index (χ2n) is 12.8. The first-order chi connectivity index (χ1) is 22.6. The summed E-state index contributed by atoms with van der Waals surface area (Å²) >= 11 is 0. The fourth-order valence-corrected chi connectivity index (χ4v) is 5.47. The Morgan fingerprint density at radius 3 is 2.40 bits per heavy atom. The van der Waals surface area contributed by atoms with E-state index in [1.165, 1.54) is 0 Å². The van der Waals surface area contributed by atoms with E-state index in [2.05, 4.69) is 41.3 Å². The number of aromatic nitrogens is 3. The van der Waals surface area contributed by atoms with Gasteiger partial charge in [0.25, 0.3) is 0 Å². The Labute approximate surface area is 274 Å². The third-order valence-corrected chi connectivity index (χ3v) is 8.03. The Morgan fingerprint density at radius 1 is 0.915 bits per heavy atom. The molecule has 0 aliphatic carbocycles. The number of pyridine rings is 1. The van der Waals surface area contributed by atoms with Gasteiger partial charge in [-0.1, -0.05) is 62.7 Å². The zero-order chi connectivity index (χ0) is 33.0. The predicted molar refractivity (Wildman–Crippen MR) is 184 cm³/mol. The largest absolute Gasteiger partial charge is 0.457 e. The molecule has 1 fully saturated rings. The van der Waals surface area contributed by atoms with E-state index in [0.29, 0.717) is 48.5 Å². The molecule has 2 N–H and O–H groups in total. The molecule has 1 aliphatic heterocycles. The fraction of sp³-hybridized carbons (Fsp3) is 0.297. The molecule has 3 aromatic carbocycles. The third kappa shape index (κ3) is 7.85. The molecule has 2 amide bonds. The molecule has 1 saturated heterocycles.